The lowest BCUT2D eigenvalue weighted by Gasteiger charge is -2.26. The van der Waals surface area contributed by atoms with E-state index in [9.17, 15) is 0 Å². The molecule has 0 saturated carbocycles. The van der Waals surface area contributed by atoms with Crippen LogP contribution in [0.4, 0.5) is 17.8 Å². The number of nitrogen functional groups attached to an aromatic ring is 1. The number of nitrogens with one attached hydrogen (secondary N) is 1. The third-order valence-electron chi connectivity index (χ3n) is 3.27. The summed E-state index contributed by atoms with van der Waals surface area (Å²) in [6.07, 6.45) is 4.69. The van der Waals surface area contributed by atoms with Gasteiger partial charge in [0.05, 0.1) is 0 Å². The van der Waals surface area contributed by atoms with Crippen LogP contribution in [0.15, 0.2) is 0 Å². The molecule has 0 radical (unpaired) electrons. The quantitative estimate of drug-likeness (QED) is 0.846. The predicted octanol–water partition coefficient (Wildman–Crippen LogP) is 1.65. The SMILES string of the molecule is CCC(C)Nc1nc(N)nc(N2CCCCC2)n1. The van der Waals surface area contributed by atoms with Crippen LogP contribution >= 0.6 is 0 Å². The number of piperidine rings is 1. The zero-order valence-corrected chi connectivity index (χ0v) is 11.2. The highest BCUT2D eigenvalue weighted by atomic mass is 15.3. The number of anilines is 3. The molecule has 0 aromatic carbocycles. The van der Waals surface area contributed by atoms with Gasteiger partial charge in [0.15, 0.2) is 0 Å². The molecule has 6 nitrogen and oxygen atoms in total. The van der Waals surface area contributed by atoms with Gasteiger partial charge in [-0.1, -0.05) is 6.92 Å². The maximum Gasteiger partial charge on any atom is 0.231 e. The Hall–Kier alpha value is -1.59. The van der Waals surface area contributed by atoms with Crippen molar-refractivity contribution in [3.05, 3.63) is 0 Å². The summed E-state index contributed by atoms with van der Waals surface area (Å²) in [6.45, 7) is 6.23. The van der Waals surface area contributed by atoms with Gasteiger partial charge in [-0.15, -0.1) is 0 Å². The first-order chi connectivity index (χ1) is 8.69. The van der Waals surface area contributed by atoms with Gasteiger partial charge < -0.3 is 16.0 Å². The monoisotopic (exact) mass is 250 g/mol. The van der Waals surface area contributed by atoms with Crippen molar-refractivity contribution in [3.63, 3.8) is 0 Å². The normalized spacial score (nSPS) is 17.6. The zero-order chi connectivity index (χ0) is 13.0. The van der Waals surface area contributed by atoms with Crippen molar-refractivity contribution in [1.82, 2.24) is 15.0 Å². The Balaban J connectivity index is 2.14. The first-order valence-corrected chi connectivity index (χ1v) is 6.72. The molecule has 0 spiro atoms. The molecular formula is C12H22N6. The molecule has 1 aliphatic rings. The van der Waals surface area contributed by atoms with Crippen LogP contribution in [0.5, 0.6) is 0 Å². The summed E-state index contributed by atoms with van der Waals surface area (Å²) >= 11 is 0. The maximum absolute atomic E-state index is 5.75. The van der Waals surface area contributed by atoms with Gasteiger partial charge in [0, 0.05) is 19.1 Å². The van der Waals surface area contributed by atoms with Crippen LogP contribution in [-0.4, -0.2) is 34.1 Å². The Morgan fingerprint density at radius 3 is 2.61 bits per heavy atom. The lowest BCUT2D eigenvalue weighted by molar-refractivity contribution is 0.567. The molecule has 1 aromatic rings. The summed E-state index contributed by atoms with van der Waals surface area (Å²) in [5, 5.41) is 3.24. The lowest BCUT2D eigenvalue weighted by atomic mass is 10.1. The van der Waals surface area contributed by atoms with Gasteiger partial charge in [-0.3, -0.25) is 0 Å². The minimum atomic E-state index is 0.288. The van der Waals surface area contributed by atoms with Crippen LogP contribution in [0.2, 0.25) is 0 Å². The number of hydrogen-bond acceptors (Lipinski definition) is 6. The summed E-state index contributed by atoms with van der Waals surface area (Å²) in [5.74, 6) is 1.57. The second-order valence-corrected chi connectivity index (χ2v) is 4.82. The fraction of sp³-hybridized carbons (Fsp3) is 0.750. The second-order valence-electron chi connectivity index (χ2n) is 4.82. The predicted molar refractivity (Wildman–Crippen MR) is 73.7 cm³/mol. The van der Waals surface area contributed by atoms with Crippen LogP contribution in [0.25, 0.3) is 0 Å². The Bertz CT molecular complexity index is 388. The van der Waals surface area contributed by atoms with Crippen molar-refractivity contribution in [2.24, 2.45) is 0 Å². The molecule has 1 saturated heterocycles. The standard InChI is InChI=1S/C12H22N6/c1-3-9(2)14-11-15-10(13)16-12(17-11)18-7-5-4-6-8-18/h9H,3-8H2,1-2H3,(H3,13,14,15,16,17). The fourth-order valence-corrected chi connectivity index (χ4v) is 2.00. The van der Waals surface area contributed by atoms with E-state index in [4.69, 9.17) is 5.73 Å². The van der Waals surface area contributed by atoms with E-state index in [1.807, 2.05) is 0 Å². The smallest absolute Gasteiger partial charge is 0.231 e. The summed E-state index contributed by atoms with van der Waals surface area (Å²) in [6, 6.07) is 0.334. The number of aromatic nitrogens is 3. The summed E-state index contributed by atoms with van der Waals surface area (Å²) in [4.78, 5) is 15.0. The van der Waals surface area contributed by atoms with E-state index in [0.29, 0.717) is 17.9 Å². The second kappa shape index (κ2) is 5.84. The summed E-state index contributed by atoms with van der Waals surface area (Å²) in [5.41, 5.74) is 5.75. The molecule has 100 valence electrons. The van der Waals surface area contributed by atoms with Crippen molar-refractivity contribution in [2.75, 3.05) is 29.0 Å². The van der Waals surface area contributed by atoms with E-state index in [1.54, 1.807) is 0 Å². The molecule has 3 N–H and O–H groups in total. The Morgan fingerprint density at radius 1 is 1.22 bits per heavy atom. The molecule has 1 unspecified atom stereocenters. The minimum Gasteiger partial charge on any atom is -0.368 e. The molecule has 0 aliphatic carbocycles. The van der Waals surface area contributed by atoms with Crippen LogP contribution in [-0.2, 0) is 0 Å². The van der Waals surface area contributed by atoms with Crippen molar-refractivity contribution >= 4 is 17.8 Å². The number of hydrogen-bond donors (Lipinski definition) is 2. The van der Waals surface area contributed by atoms with Crippen LogP contribution in [0.1, 0.15) is 39.5 Å². The van der Waals surface area contributed by atoms with Crippen LogP contribution in [0.3, 0.4) is 0 Å². The zero-order valence-electron chi connectivity index (χ0n) is 11.2. The molecule has 1 fully saturated rings. The van der Waals surface area contributed by atoms with E-state index < -0.39 is 0 Å². The molecule has 1 atom stereocenters. The number of nitrogens with zero attached hydrogens (tertiary/aromatic N) is 4. The van der Waals surface area contributed by atoms with Gasteiger partial charge >= 0.3 is 0 Å². The first-order valence-electron chi connectivity index (χ1n) is 6.72. The molecule has 2 rings (SSSR count). The average Bonchev–Trinajstić information content (AvgIpc) is 2.39. The van der Waals surface area contributed by atoms with Gasteiger partial charge in [0.2, 0.25) is 17.8 Å². The van der Waals surface area contributed by atoms with Crippen molar-refractivity contribution in [2.45, 2.75) is 45.6 Å². The molecule has 1 aliphatic heterocycles. The van der Waals surface area contributed by atoms with E-state index >= 15 is 0 Å². The van der Waals surface area contributed by atoms with E-state index in [0.717, 1.165) is 19.5 Å². The van der Waals surface area contributed by atoms with Gasteiger partial charge in [0.25, 0.3) is 0 Å². The summed E-state index contributed by atoms with van der Waals surface area (Å²) in [7, 11) is 0. The molecule has 1 aromatic heterocycles. The third-order valence-corrected chi connectivity index (χ3v) is 3.27. The average molecular weight is 250 g/mol. The van der Waals surface area contributed by atoms with Crippen molar-refractivity contribution < 1.29 is 0 Å². The molecule has 0 bridgehead atoms. The molecule has 6 heteroatoms. The first kappa shape index (κ1) is 12.9. The summed E-state index contributed by atoms with van der Waals surface area (Å²) < 4.78 is 0. The van der Waals surface area contributed by atoms with E-state index in [-0.39, 0.29) is 5.95 Å². The van der Waals surface area contributed by atoms with Gasteiger partial charge in [-0.2, -0.15) is 15.0 Å². The van der Waals surface area contributed by atoms with Crippen molar-refractivity contribution in [3.8, 4) is 0 Å². The van der Waals surface area contributed by atoms with Crippen LogP contribution in [0, 0.1) is 0 Å². The lowest BCUT2D eigenvalue weighted by Crippen LogP contribution is -2.31. The van der Waals surface area contributed by atoms with Gasteiger partial charge in [-0.05, 0) is 32.6 Å². The molecular weight excluding hydrogens is 228 g/mol. The number of rotatable bonds is 4. The molecule has 18 heavy (non-hydrogen) atoms. The minimum absolute atomic E-state index is 0.288. The fourth-order valence-electron chi connectivity index (χ4n) is 2.00. The highest BCUT2D eigenvalue weighted by Gasteiger charge is 2.15. The molecule has 2 heterocycles. The topological polar surface area (TPSA) is 80.0 Å². The Kier molecular flexibility index (Phi) is 4.17. The van der Waals surface area contributed by atoms with Crippen molar-refractivity contribution in [1.29, 1.82) is 0 Å². The van der Waals surface area contributed by atoms with Gasteiger partial charge in [-0.25, -0.2) is 0 Å². The third kappa shape index (κ3) is 3.21. The van der Waals surface area contributed by atoms with Crippen LogP contribution < -0.4 is 16.0 Å². The van der Waals surface area contributed by atoms with E-state index in [1.165, 1.54) is 19.3 Å². The Labute approximate surface area is 108 Å². The highest BCUT2D eigenvalue weighted by Crippen LogP contribution is 2.17. The highest BCUT2D eigenvalue weighted by molar-refractivity contribution is 5.42. The number of nitrogens with two attached hydrogens (primary N) is 1. The van der Waals surface area contributed by atoms with Gasteiger partial charge in [0.1, 0.15) is 0 Å². The van der Waals surface area contributed by atoms with E-state index in [2.05, 4.69) is 39.0 Å². The molecule has 0 amide bonds. The maximum atomic E-state index is 5.75. The largest absolute Gasteiger partial charge is 0.368 e. The Morgan fingerprint density at radius 2 is 1.94 bits per heavy atom.